The van der Waals surface area contributed by atoms with Crippen molar-refractivity contribution in [2.24, 2.45) is 40.2 Å². The van der Waals surface area contributed by atoms with Crippen molar-refractivity contribution in [3.8, 4) is 0 Å². The summed E-state index contributed by atoms with van der Waals surface area (Å²) in [5.41, 5.74) is 19.2. The summed E-state index contributed by atoms with van der Waals surface area (Å²) in [6, 6.07) is -6.04. The highest BCUT2D eigenvalue weighted by atomic mass is 16.4. The van der Waals surface area contributed by atoms with E-state index in [4.69, 9.17) is 22.9 Å². The number of hydrogen-bond donors (Lipinski definition) is 7. The van der Waals surface area contributed by atoms with Crippen LogP contribution < -0.4 is 22.9 Å². The number of nitrogens with zero attached hydrogens (tertiary/aromatic N) is 2. The monoisotopic (exact) mass is 565 g/mol. The van der Waals surface area contributed by atoms with Gasteiger partial charge in [0.15, 0.2) is 17.3 Å². The van der Waals surface area contributed by atoms with E-state index in [0.717, 1.165) is 0 Å². The van der Waals surface area contributed by atoms with Crippen LogP contribution >= 0.6 is 0 Å². The predicted octanol–water partition coefficient (Wildman–Crippen LogP) is -1.91. The van der Waals surface area contributed by atoms with Gasteiger partial charge in [0.25, 0.3) is 0 Å². The van der Waals surface area contributed by atoms with E-state index in [1.165, 1.54) is 19.4 Å². The first-order chi connectivity index (χ1) is 18.5. The molecule has 40 heavy (non-hydrogen) atoms. The summed E-state index contributed by atoms with van der Waals surface area (Å²) in [6.07, 6.45) is 0.612. The van der Waals surface area contributed by atoms with Crippen molar-refractivity contribution in [2.45, 2.75) is 89.7 Å². The smallest absolute Gasteiger partial charge is 0.339 e. The van der Waals surface area contributed by atoms with E-state index in [2.05, 4.69) is 9.97 Å². The third-order valence-corrected chi connectivity index (χ3v) is 7.71. The van der Waals surface area contributed by atoms with E-state index >= 15 is 0 Å². The highest BCUT2D eigenvalue weighted by Crippen LogP contribution is 2.51. The van der Waals surface area contributed by atoms with Crippen molar-refractivity contribution in [1.29, 1.82) is 0 Å². The minimum atomic E-state index is -3.12. The lowest BCUT2D eigenvalue weighted by Gasteiger charge is -2.46. The van der Waals surface area contributed by atoms with Gasteiger partial charge in [0.2, 0.25) is 11.4 Å². The standard InChI is InChI=1S/C26H43N7O7/c1-12(2)8-16(27)21(36)26(24(39)40)25(22(37)18(29)13(3)4,6-7-33(26)23(38)19(30)14(5)34)20(35)17(28)9-15-10-31-11-32-15/h10-14,16-19,34H,6-9,27-30H2,1-5H3,(H,31,32)(H,39,40). The second-order valence-electron chi connectivity index (χ2n) is 11.4. The number of carbonyl (C=O) groups excluding carboxylic acids is 4. The van der Waals surface area contributed by atoms with E-state index in [1.54, 1.807) is 27.7 Å². The Morgan fingerprint density at radius 2 is 1.57 bits per heavy atom. The molecular formula is C26H43N7O7. The number of imidazole rings is 1. The molecule has 0 bridgehead atoms. The number of aromatic amines is 1. The number of nitrogens with one attached hydrogen (secondary N) is 1. The fourth-order valence-electron chi connectivity index (χ4n) is 5.50. The van der Waals surface area contributed by atoms with Crippen molar-refractivity contribution in [2.75, 3.05) is 6.54 Å². The van der Waals surface area contributed by atoms with Crippen LogP contribution in [0.3, 0.4) is 0 Å². The number of aliphatic hydroxyl groups excluding tert-OH is 1. The molecule has 0 spiro atoms. The molecule has 11 N–H and O–H groups in total. The predicted molar refractivity (Wildman–Crippen MR) is 144 cm³/mol. The Kier molecular flexibility index (Phi) is 10.5. The van der Waals surface area contributed by atoms with E-state index in [0.29, 0.717) is 10.6 Å². The van der Waals surface area contributed by atoms with Crippen LogP contribution in [0.15, 0.2) is 12.5 Å². The zero-order valence-electron chi connectivity index (χ0n) is 23.7. The van der Waals surface area contributed by atoms with Crippen molar-refractivity contribution in [1.82, 2.24) is 14.9 Å². The van der Waals surface area contributed by atoms with E-state index in [1.807, 2.05) is 0 Å². The van der Waals surface area contributed by atoms with Gasteiger partial charge in [-0.15, -0.1) is 0 Å². The summed E-state index contributed by atoms with van der Waals surface area (Å²) in [4.78, 5) is 77.4. The molecule has 0 saturated carbocycles. The molecule has 1 fully saturated rings. The van der Waals surface area contributed by atoms with E-state index < -0.39 is 89.3 Å². The molecule has 0 radical (unpaired) electrons. The molecule has 7 unspecified atom stereocenters. The highest BCUT2D eigenvalue weighted by molar-refractivity contribution is 6.26. The molecule has 7 atom stereocenters. The van der Waals surface area contributed by atoms with E-state index in [-0.39, 0.29) is 18.8 Å². The van der Waals surface area contributed by atoms with Crippen molar-refractivity contribution in [3.05, 3.63) is 18.2 Å². The second-order valence-corrected chi connectivity index (χ2v) is 11.4. The topological polar surface area (TPSA) is 262 Å². The quantitative estimate of drug-likeness (QED) is 0.122. The lowest BCUT2D eigenvalue weighted by atomic mass is 9.57. The van der Waals surface area contributed by atoms with Crippen LogP contribution in [0.4, 0.5) is 0 Å². The molecule has 1 aromatic rings. The number of aliphatic carboxylic acids is 1. The number of ketones is 3. The molecule has 1 aliphatic rings. The van der Waals surface area contributed by atoms with Gasteiger partial charge in [-0.05, 0) is 31.6 Å². The van der Waals surface area contributed by atoms with E-state index in [9.17, 15) is 34.2 Å². The number of aliphatic hydroxyl groups is 1. The maximum absolute atomic E-state index is 14.4. The number of rotatable bonds is 14. The third-order valence-electron chi connectivity index (χ3n) is 7.71. The maximum atomic E-state index is 14.4. The van der Waals surface area contributed by atoms with Crippen LogP contribution in [0.25, 0.3) is 0 Å². The first-order valence-electron chi connectivity index (χ1n) is 13.3. The molecular weight excluding hydrogens is 522 g/mol. The Bertz CT molecular complexity index is 1110. The number of Topliss-reactive ketones (excluding diaryl/α,β-unsaturated/α-hetero) is 3. The second kappa shape index (κ2) is 12.6. The summed E-state index contributed by atoms with van der Waals surface area (Å²) < 4.78 is 0. The minimum absolute atomic E-state index is 0.00757. The summed E-state index contributed by atoms with van der Waals surface area (Å²) >= 11 is 0. The molecule has 224 valence electrons. The number of hydrogen-bond acceptors (Lipinski definition) is 11. The molecule has 1 aromatic heterocycles. The molecule has 0 aromatic carbocycles. The molecule has 2 rings (SSSR count). The molecule has 14 nitrogen and oxygen atoms in total. The number of amides is 1. The number of likely N-dealkylation sites (tertiary alicyclic amines) is 1. The average Bonchev–Trinajstić information content (AvgIpc) is 3.52. The first kappa shape index (κ1) is 33.2. The Labute approximate surface area is 233 Å². The Morgan fingerprint density at radius 3 is 2.02 bits per heavy atom. The van der Waals surface area contributed by atoms with Gasteiger partial charge < -0.3 is 43.0 Å². The normalized spacial score (nSPS) is 24.9. The number of carboxylic acid groups (broad SMARTS) is 1. The first-order valence-corrected chi connectivity index (χ1v) is 13.3. The highest BCUT2D eigenvalue weighted by Gasteiger charge is 2.77. The molecule has 0 aliphatic carbocycles. The molecule has 14 heteroatoms. The number of aromatic nitrogens is 2. The van der Waals surface area contributed by atoms with Gasteiger partial charge in [-0.1, -0.05) is 27.7 Å². The van der Waals surface area contributed by atoms with Gasteiger partial charge in [-0.25, -0.2) is 9.78 Å². The van der Waals surface area contributed by atoms with Crippen molar-refractivity contribution in [3.63, 3.8) is 0 Å². The number of carbonyl (C=O) groups is 5. The Morgan fingerprint density at radius 1 is 0.975 bits per heavy atom. The van der Waals surface area contributed by atoms with Crippen molar-refractivity contribution < 1.29 is 34.2 Å². The minimum Gasteiger partial charge on any atom is -0.479 e. The molecule has 2 heterocycles. The molecule has 1 aliphatic heterocycles. The van der Waals surface area contributed by atoms with Crippen LogP contribution in [0.2, 0.25) is 0 Å². The number of carboxylic acids is 1. The Hall–Kier alpha value is -3.04. The lowest BCUT2D eigenvalue weighted by molar-refractivity contribution is -0.176. The zero-order valence-corrected chi connectivity index (χ0v) is 23.7. The third kappa shape index (κ3) is 5.59. The Balaban J connectivity index is 2.96. The molecule has 1 amide bonds. The largest absolute Gasteiger partial charge is 0.479 e. The van der Waals surface area contributed by atoms with Crippen molar-refractivity contribution >= 4 is 29.2 Å². The van der Waals surface area contributed by atoms with Gasteiger partial charge in [0.05, 0.1) is 36.3 Å². The summed E-state index contributed by atoms with van der Waals surface area (Å²) in [5, 5.41) is 20.9. The maximum Gasteiger partial charge on any atom is 0.339 e. The van der Waals surface area contributed by atoms with Gasteiger partial charge in [0.1, 0.15) is 11.5 Å². The van der Waals surface area contributed by atoms with Crippen LogP contribution in [0, 0.1) is 17.3 Å². The average molecular weight is 566 g/mol. The summed E-state index contributed by atoms with van der Waals surface area (Å²) in [5.74, 6) is -7.18. The number of H-pyrrole nitrogens is 1. The SMILES string of the molecule is CC(C)CC(N)C(=O)C1(C(=O)O)N(C(=O)C(N)C(C)O)CCC1(C(=O)C(N)Cc1c[nH]cn1)C(=O)C(N)C(C)C. The fourth-order valence-corrected chi connectivity index (χ4v) is 5.50. The summed E-state index contributed by atoms with van der Waals surface area (Å²) in [6.45, 7) is 7.38. The van der Waals surface area contributed by atoms with Gasteiger partial charge in [0, 0.05) is 19.2 Å². The van der Waals surface area contributed by atoms with Gasteiger partial charge in [-0.2, -0.15) is 0 Å². The van der Waals surface area contributed by atoms with Crippen LogP contribution in [0.1, 0.15) is 53.2 Å². The van der Waals surface area contributed by atoms with Crippen LogP contribution in [-0.2, 0) is 30.4 Å². The lowest BCUT2D eigenvalue weighted by Crippen LogP contribution is -2.76. The number of nitrogens with two attached hydrogens (primary N) is 4. The van der Waals surface area contributed by atoms with Gasteiger partial charge >= 0.3 is 5.97 Å². The fraction of sp³-hybridized carbons (Fsp3) is 0.692. The van der Waals surface area contributed by atoms with Gasteiger partial charge in [-0.3, -0.25) is 19.2 Å². The molecule has 1 saturated heterocycles. The zero-order chi connectivity index (χ0) is 30.7. The van der Waals surface area contributed by atoms with Crippen LogP contribution in [0.5, 0.6) is 0 Å². The summed E-state index contributed by atoms with van der Waals surface area (Å²) in [7, 11) is 0. The van der Waals surface area contributed by atoms with Crippen LogP contribution in [-0.4, -0.2) is 96.7 Å².